The van der Waals surface area contributed by atoms with Gasteiger partial charge in [-0.25, -0.2) is 0 Å². The van der Waals surface area contributed by atoms with E-state index in [9.17, 15) is 14.4 Å². The van der Waals surface area contributed by atoms with E-state index in [2.05, 4.69) is 17.0 Å². The van der Waals surface area contributed by atoms with Gasteiger partial charge in [-0.05, 0) is 56.5 Å². The van der Waals surface area contributed by atoms with Gasteiger partial charge in [-0.1, -0.05) is 12.1 Å². The summed E-state index contributed by atoms with van der Waals surface area (Å²) in [6.07, 6.45) is 0.134. The molecule has 37 heavy (non-hydrogen) atoms. The number of carbonyl (C=O) groups excluding carboxylic acids is 3. The van der Waals surface area contributed by atoms with Gasteiger partial charge in [0, 0.05) is 37.5 Å². The van der Waals surface area contributed by atoms with E-state index < -0.39 is 23.5 Å². The van der Waals surface area contributed by atoms with Crippen LogP contribution in [0.1, 0.15) is 59.3 Å². The number of carbonyl (C=O) groups is 3. The lowest BCUT2D eigenvalue weighted by Crippen LogP contribution is -2.45. The molecule has 1 aromatic carbocycles. The molecule has 2 N–H and O–H groups in total. The van der Waals surface area contributed by atoms with E-state index in [1.807, 2.05) is 18.2 Å². The summed E-state index contributed by atoms with van der Waals surface area (Å²) in [5.41, 5.74) is 7.05. The molecule has 0 radical (unpaired) electrons. The summed E-state index contributed by atoms with van der Waals surface area (Å²) in [6.45, 7) is 10.3. The van der Waals surface area contributed by atoms with Crippen molar-refractivity contribution in [3.8, 4) is 5.75 Å². The molecule has 0 spiro atoms. The number of hydrogen-bond acceptors (Lipinski definition) is 8. The number of morpholine rings is 1. The van der Waals surface area contributed by atoms with Crippen LogP contribution in [0.25, 0.3) is 0 Å². The van der Waals surface area contributed by atoms with Gasteiger partial charge in [0.15, 0.2) is 0 Å². The van der Waals surface area contributed by atoms with Crippen molar-refractivity contribution in [2.24, 2.45) is 5.73 Å². The summed E-state index contributed by atoms with van der Waals surface area (Å²) in [5, 5.41) is 0. The number of hydrogen-bond donors (Lipinski definition) is 1. The van der Waals surface area contributed by atoms with E-state index in [0.717, 1.165) is 49.0 Å². The van der Waals surface area contributed by atoms with E-state index in [1.54, 1.807) is 20.8 Å². The highest BCUT2D eigenvalue weighted by atomic mass is 32.1. The summed E-state index contributed by atoms with van der Waals surface area (Å²) >= 11 is 1.36. The zero-order valence-electron chi connectivity index (χ0n) is 21.7. The first-order valence-electron chi connectivity index (χ1n) is 12.5. The van der Waals surface area contributed by atoms with E-state index in [-0.39, 0.29) is 25.3 Å². The molecule has 2 aliphatic heterocycles. The number of primary amides is 1. The minimum absolute atomic E-state index is 0.00658. The number of ether oxygens (including phenoxy) is 3. The monoisotopic (exact) mass is 529 g/mol. The van der Waals surface area contributed by atoms with Crippen LogP contribution in [0, 0.1) is 0 Å². The normalized spacial score (nSPS) is 16.9. The van der Waals surface area contributed by atoms with Crippen LogP contribution in [0.5, 0.6) is 5.75 Å². The fourth-order valence-corrected chi connectivity index (χ4v) is 5.50. The van der Waals surface area contributed by atoms with Gasteiger partial charge >= 0.3 is 5.97 Å². The Kier molecular flexibility index (Phi) is 8.51. The quantitative estimate of drug-likeness (QED) is 0.471. The largest absolute Gasteiger partial charge is 0.488 e. The van der Waals surface area contributed by atoms with Crippen LogP contribution in [0.2, 0.25) is 0 Å². The maximum absolute atomic E-state index is 13.1. The molecule has 1 saturated heterocycles. The number of amides is 2. The molecule has 3 heterocycles. The van der Waals surface area contributed by atoms with Crippen LogP contribution in [-0.4, -0.2) is 65.5 Å². The first-order chi connectivity index (χ1) is 17.6. The molecule has 1 fully saturated rings. The summed E-state index contributed by atoms with van der Waals surface area (Å²) in [5.74, 6) is -0.531. The van der Waals surface area contributed by atoms with E-state index in [4.69, 9.17) is 19.9 Å². The molecule has 0 saturated carbocycles. The molecule has 9 nitrogen and oxygen atoms in total. The summed E-state index contributed by atoms with van der Waals surface area (Å²) < 4.78 is 16.7. The molecule has 0 aliphatic carbocycles. The molecule has 10 heteroatoms. The van der Waals surface area contributed by atoms with Crippen molar-refractivity contribution >= 4 is 29.1 Å². The molecular weight excluding hydrogens is 494 g/mol. The van der Waals surface area contributed by atoms with Crippen molar-refractivity contribution in [2.45, 2.75) is 65.0 Å². The Hall–Kier alpha value is -2.95. The van der Waals surface area contributed by atoms with E-state index in [1.165, 1.54) is 21.8 Å². The van der Waals surface area contributed by atoms with Crippen LogP contribution in [-0.2, 0) is 38.8 Å². The number of esters is 1. The Labute approximate surface area is 221 Å². The Bertz CT molecular complexity index is 1120. The molecule has 2 amide bonds. The lowest BCUT2D eigenvalue weighted by molar-refractivity contribution is -0.155. The zero-order valence-corrected chi connectivity index (χ0v) is 22.5. The summed E-state index contributed by atoms with van der Waals surface area (Å²) in [4.78, 5) is 42.6. The number of fused-ring (bicyclic) bond motifs is 1. The Balaban J connectivity index is 1.30. The number of rotatable bonds is 10. The van der Waals surface area contributed by atoms with Crippen molar-refractivity contribution in [1.29, 1.82) is 0 Å². The fraction of sp³-hybridized carbons (Fsp3) is 0.519. The second-order valence-electron chi connectivity index (χ2n) is 10.4. The third kappa shape index (κ3) is 7.30. The molecule has 0 bridgehead atoms. The van der Waals surface area contributed by atoms with Gasteiger partial charge in [0.1, 0.15) is 24.0 Å². The molecule has 200 valence electrons. The van der Waals surface area contributed by atoms with Gasteiger partial charge in [-0.2, -0.15) is 0 Å². The Morgan fingerprint density at radius 3 is 2.49 bits per heavy atom. The maximum Gasteiger partial charge on any atom is 0.306 e. The van der Waals surface area contributed by atoms with Gasteiger partial charge in [0.25, 0.3) is 5.91 Å². The Morgan fingerprint density at radius 2 is 1.86 bits per heavy atom. The molecule has 0 unspecified atom stereocenters. The van der Waals surface area contributed by atoms with Gasteiger partial charge in [0.05, 0.1) is 18.1 Å². The van der Waals surface area contributed by atoms with Crippen LogP contribution < -0.4 is 10.5 Å². The molecule has 2 aliphatic rings. The highest BCUT2D eigenvalue weighted by Crippen LogP contribution is 2.33. The van der Waals surface area contributed by atoms with Gasteiger partial charge in [-0.3, -0.25) is 19.3 Å². The molecule has 1 atom stereocenters. The molecule has 1 aromatic heterocycles. The maximum atomic E-state index is 13.1. The summed E-state index contributed by atoms with van der Waals surface area (Å²) in [6, 6.07) is 9.15. The predicted molar refractivity (Wildman–Crippen MR) is 139 cm³/mol. The minimum Gasteiger partial charge on any atom is -0.488 e. The van der Waals surface area contributed by atoms with Crippen molar-refractivity contribution in [2.75, 3.05) is 26.3 Å². The van der Waals surface area contributed by atoms with Crippen molar-refractivity contribution in [3.63, 3.8) is 0 Å². The average Bonchev–Trinajstić information content (AvgIpc) is 3.37. The van der Waals surface area contributed by atoms with Crippen molar-refractivity contribution in [3.05, 3.63) is 51.2 Å². The second-order valence-corrected chi connectivity index (χ2v) is 11.5. The van der Waals surface area contributed by atoms with Gasteiger partial charge < -0.3 is 24.8 Å². The Morgan fingerprint density at radius 1 is 1.16 bits per heavy atom. The number of benzene rings is 1. The summed E-state index contributed by atoms with van der Waals surface area (Å²) in [7, 11) is 0. The third-order valence-electron chi connectivity index (χ3n) is 6.22. The molecular formula is C27H35N3O6S. The number of nitrogens with two attached hydrogens (primary N) is 1. The molecule has 2 aromatic rings. The molecule has 4 rings (SSSR count). The topological polar surface area (TPSA) is 111 Å². The standard InChI is InChI=1S/C27H35N3O6S/c1-27(2,3)36-23(31)9-8-22(25(28)32)30-16-19-14-21(37-24(19)26(30)33)17-35-20-6-4-18(5-7-20)15-29-10-12-34-13-11-29/h4-7,14,22H,8-13,15-17H2,1-3H3,(H2,28,32)/t22-/m0/s1. The average molecular weight is 530 g/mol. The van der Waals surface area contributed by atoms with Crippen LogP contribution in [0.4, 0.5) is 0 Å². The van der Waals surface area contributed by atoms with Gasteiger partial charge in [0.2, 0.25) is 5.91 Å². The minimum atomic E-state index is -0.865. The second kappa shape index (κ2) is 11.6. The smallest absolute Gasteiger partial charge is 0.306 e. The highest BCUT2D eigenvalue weighted by Gasteiger charge is 2.37. The van der Waals surface area contributed by atoms with Crippen LogP contribution >= 0.6 is 11.3 Å². The number of nitrogens with zero attached hydrogens (tertiary/aromatic N) is 2. The zero-order chi connectivity index (χ0) is 26.6. The van der Waals surface area contributed by atoms with Crippen molar-refractivity contribution < 1.29 is 28.6 Å². The fourth-order valence-electron chi connectivity index (χ4n) is 4.45. The third-order valence-corrected chi connectivity index (χ3v) is 7.36. The predicted octanol–water partition coefficient (Wildman–Crippen LogP) is 3.09. The van der Waals surface area contributed by atoms with Crippen LogP contribution in [0.15, 0.2) is 30.3 Å². The van der Waals surface area contributed by atoms with Gasteiger partial charge in [-0.15, -0.1) is 11.3 Å². The first kappa shape index (κ1) is 27.1. The first-order valence-corrected chi connectivity index (χ1v) is 13.4. The lowest BCUT2D eigenvalue weighted by Gasteiger charge is -2.26. The number of thiophene rings is 1. The lowest BCUT2D eigenvalue weighted by atomic mass is 10.1. The highest BCUT2D eigenvalue weighted by molar-refractivity contribution is 7.14. The van der Waals surface area contributed by atoms with E-state index in [0.29, 0.717) is 11.5 Å². The van der Waals surface area contributed by atoms with Crippen LogP contribution in [0.3, 0.4) is 0 Å². The SMILES string of the molecule is CC(C)(C)OC(=O)CC[C@@H](C(N)=O)N1Cc2cc(COc3ccc(CN4CCOCC4)cc3)sc2C1=O. The van der Waals surface area contributed by atoms with E-state index >= 15 is 0 Å². The van der Waals surface area contributed by atoms with Crippen molar-refractivity contribution in [1.82, 2.24) is 9.80 Å².